The molecule has 0 radical (unpaired) electrons. The van der Waals surface area contributed by atoms with Crippen molar-refractivity contribution in [2.45, 2.75) is 51.6 Å². The molecule has 0 bridgehead atoms. The fourth-order valence-electron chi connectivity index (χ4n) is 6.04. The van der Waals surface area contributed by atoms with Gasteiger partial charge in [0.15, 0.2) is 0 Å². The number of nitrogens with zero attached hydrogens (tertiary/aromatic N) is 4. The molecule has 3 N–H and O–H groups in total. The van der Waals surface area contributed by atoms with E-state index in [0.717, 1.165) is 62.4 Å². The first-order valence-electron chi connectivity index (χ1n) is 15.4. The van der Waals surface area contributed by atoms with Gasteiger partial charge >= 0.3 is 0 Å². The van der Waals surface area contributed by atoms with E-state index in [2.05, 4.69) is 47.0 Å². The quantitative estimate of drug-likeness (QED) is 0.190. The lowest BCUT2D eigenvalue weighted by Crippen LogP contribution is -2.32. The number of rotatable bonds is 8. The van der Waals surface area contributed by atoms with Crippen LogP contribution in [0.2, 0.25) is 0 Å². The Morgan fingerprint density at radius 1 is 0.698 bits per heavy atom. The number of fused-ring (bicyclic) bond motifs is 1. The van der Waals surface area contributed by atoms with Crippen LogP contribution in [0.1, 0.15) is 38.5 Å². The predicted molar refractivity (Wildman–Crippen MR) is 179 cm³/mol. The van der Waals surface area contributed by atoms with E-state index in [-0.39, 0.29) is 11.1 Å². The van der Waals surface area contributed by atoms with Crippen LogP contribution in [-0.2, 0) is 13.1 Å². The molecule has 4 aromatic heterocycles. The predicted octanol–water partition coefficient (Wildman–Crippen LogP) is 5.96. The second-order valence-electron chi connectivity index (χ2n) is 11.5. The van der Waals surface area contributed by atoms with Crippen LogP contribution in [0.3, 0.4) is 0 Å². The minimum atomic E-state index is -0.0153. The molecule has 0 spiro atoms. The van der Waals surface area contributed by atoms with Gasteiger partial charge in [-0.3, -0.25) is 29.2 Å². The number of thiophene rings is 1. The molecule has 5 aromatic rings. The van der Waals surface area contributed by atoms with Gasteiger partial charge < -0.3 is 14.8 Å². The summed E-state index contributed by atoms with van der Waals surface area (Å²) in [5.74, 6) is 0. The van der Waals surface area contributed by atoms with E-state index in [1.807, 2.05) is 58.3 Å². The Labute approximate surface area is 263 Å². The third kappa shape index (κ3) is 7.70. The number of likely N-dealkylation sites (tertiary alicyclic amines) is 2. The standard InChI is InChI=1S/C18H22N4O.C14H18BrN3OS/c23-18-16(14-4-5-17-15(12-14)6-7-19-17)13-22(20-18)11-10-21-8-2-1-3-9-21;15-13-5-4-12(20-13)11-10-18(16-14(11)19)9-8-17-6-2-1-3-7-17/h4-7,12-13,19H,1-3,8-11H2,(H,20,23);4-5,10H,1-3,6-9H2,(H,16,19). The van der Waals surface area contributed by atoms with Crippen LogP contribution in [0.25, 0.3) is 32.5 Å². The van der Waals surface area contributed by atoms with Gasteiger partial charge in [0.05, 0.1) is 28.0 Å². The van der Waals surface area contributed by atoms with Crippen molar-refractivity contribution >= 4 is 38.2 Å². The molecule has 0 saturated carbocycles. The fourth-order valence-corrected chi connectivity index (χ4v) is 7.43. The summed E-state index contributed by atoms with van der Waals surface area (Å²) in [4.78, 5) is 33.4. The Morgan fingerprint density at radius 2 is 1.30 bits per heavy atom. The SMILES string of the molecule is O=c1[nH]n(CCN2CCCCC2)cc1-c1ccc(Br)s1.O=c1[nH]n(CCN2CCCCC2)cc1-c1ccc2[nH]ccc2c1. The molecule has 11 heteroatoms. The zero-order valence-electron chi connectivity index (χ0n) is 24.5. The summed E-state index contributed by atoms with van der Waals surface area (Å²) in [6, 6.07) is 12.1. The van der Waals surface area contributed by atoms with Gasteiger partial charge in [0, 0.05) is 42.1 Å². The zero-order chi connectivity index (χ0) is 29.6. The van der Waals surface area contributed by atoms with Crippen molar-refractivity contribution in [1.82, 2.24) is 34.3 Å². The van der Waals surface area contributed by atoms with Crippen molar-refractivity contribution in [2.75, 3.05) is 39.3 Å². The number of hydrogen-bond acceptors (Lipinski definition) is 5. The van der Waals surface area contributed by atoms with Crippen LogP contribution in [0.4, 0.5) is 0 Å². The van der Waals surface area contributed by atoms with Gasteiger partial charge in [0.2, 0.25) is 0 Å². The molecule has 7 rings (SSSR count). The Hall–Kier alpha value is -3.12. The Kier molecular flexibility index (Phi) is 9.82. The van der Waals surface area contributed by atoms with E-state index >= 15 is 0 Å². The zero-order valence-corrected chi connectivity index (χ0v) is 26.9. The topological polar surface area (TPSA) is 97.8 Å². The molecule has 2 aliphatic heterocycles. The van der Waals surface area contributed by atoms with Crippen molar-refractivity contribution < 1.29 is 0 Å². The number of piperidine rings is 2. The third-order valence-electron chi connectivity index (χ3n) is 8.46. The van der Waals surface area contributed by atoms with Gasteiger partial charge in [0.25, 0.3) is 11.1 Å². The van der Waals surface area contributed by atoms with Crippen LogP contribution in [0.15, 0.2) is 68.4 Å². The molecular weight excluding hydrogens is 626 g/mol. The van der Waals surface area contributed by atoms with Gasteiger partial charge in [-0.05, 0) is 109 Å². The molecule has 2 aliphatic rings. The summed E-state index contributed by atoms with van der Waals surface area (Å²) in [5.41, 5.74) is 3.55. The monoisotopic (exact) mass is 665 g/mol. The second-order valence-corrected chi connectivity index (χ2v) is 14.0. The second kappa shape index (κ2) is 14.1. The number of aromatic amines is 3. The summed E-state index contributed by atoms with van der Waals surface area (Å²) in [5, 5.41) is 7.00. The van der Waals surface area contributed by atoms with Crippen molar-refractivity contribution in [3.63, 3.8) is 0 Å². The smallest absolute Gasteiger partial charge is 0.272 e. The van der Waals surface area contributed by atoms with E-state index in [4.69, 9.17) is 0 Å². The van der Waals surface area contributed by atoms with E-state index in [9.17, 15) is 9.59 Å². The van der Waals surface area contributed by atoms with Crippen LogP contribution < -0.4 is 11.1 Å². The van der Waals surface area contributed by atoms with Gasteiger partial charge in [-0.15, -0.1) is 11.3 Å². The first-order valence-corrected chi connectivity index (χ1v) is 17.0. The van der Waals surface area contributed by atoms with Gasteiger partial charge in [-0.1, -0.05) is 18.9 Å². The lowest BCUT2D eigenvalue weighted by atomic mass is 10.1. The molecule has 6 heterocycles. The molecule has 43 heavy (non-hydrogen) atoms. The van der Waals surface area contributed by atoms with E-state index in [0.29, 0.717) is 0 Å². The Morgan fingerprint density at radius 3 is 1.91 bits per heavy atom. The normalized spacial score (nSPS) is 16.4. The van der Waals surface area contributed by atoms with Gasteiger partial charge in [-0.2, -0.15) is 0 Å². The number of benzene rings is 1. The minimum absolute atomic E-state index is 0.00186. The van der Waals surface area contributed by atoms with Crippen LogP contribution in [-0.4, -0.2) is 73.6 Å². The highest BCUT2D eigenvalue weighted by atomic mass is 79.9. The van der Waals surface area contributed by atoms with Gasteiger partial charge in [0.1, 0.15) is 0 Å². The molecule has 2 fully saturated rings. The van der Waals surface area contributed by atoms with Crippen molar-refractivity contribution in [1.29, 1.82) is 0 Å². The maximum atomic E-state index is 12.3. The molecule has 1 aromatic carbocycles. The number of aromatic nitrogens is 5. The summed E-state index contributed by atoms with van der Waals surface area (Å²) in [6.45, 7) is 8.44. The maximum Gasteiger partial charge on any atom is 0.272 e. The molecule has 0 amide bonds. The Balaban J connectivity index is 0.000000155. The molecule has 0 aliphatic carbocycles. The van der Waals surface area contributed by atoms with Crippen molar-refractivity contribution in [3.05, 3.63) is 79.5 Å². The summed E-state index contributed by atoms with van der Waals surface area (Å²) in [6.07, 6.45) is 13.7. The van der Waals surface area contributed by atoms with Crippen molar-refractivity contribution in [2.24, 2.45) is 0 Å². The van der Waals surface area contributed by atoms with Crippen LogP contribution >= 0.6 is 27.3 Å². The highest BCUT2D eigenvalue weighted by molar-refractivity contribution is 9.11. The number of H-pyrrole nitrogens is 3. The van der Waals surface area contributed by atoms with Crippen molar-refractivity contribution in [3.8, 4) is 21.6 Å². The summed E-state index contributed by atoms with van der Waals surface area (Å²) < 4.78 is 4.89. The van der Waals surface area contributed by atoms with E-state index in [1.54, 1.807) is 11.3 Å². The molecule has 2 saturated heterocycles. The molecule has 0 unspecified atom stereocenters. The minimum Gasteiger partial charge on any atom is -0.361 e. The van der Waals surface area contributed by atoms with E-state index in [1.165, 1.54) is 64.7 Å². The molecule has 0 atom stereocenters. The van der Waals surface area contributed by atoms with Crippen LogP contribution in [0, 0.1) is 0 Å². The third-order valence-corrected chi connectivity index (χ3v) is 10.1. The molecule has 228 valence electrons. The lowest BCUT2D eigenvalue weighted by Gasteiger charge is -2.26. The highest BCUT2D eigenvalue weighted by Crippen LogP contribution is 2.29. The fraction of sp³-hybridized carbons (Fsp3) is 0.438. The van der Waals surface area contributed by atoms with Crippen LogP contribution in [0.5, 0.6) is 0 Å². The first kappa shape index (κ1) is 29.9. The van der Waals surface area contributed by atoms with E-state index < -0.39 is 0 Å². The summed E-state index contributed by atoms with van der Waals surface area (Å²) in [7, 11) is 0. The largest absolute Gasteiger partial charge is 0.361 e. The number of hydrogen-bond donors (Lipinski definition) is 3. The lowest BCUT2D eigenvalue weighted by molar-refractivity contribution is 0.218. The Bertz CT molecular complexity index is 1730. The average Bonchev–Trinajstić information content (AvgIpc) is 3.83. The average molecular weight is 667 g/mol. The first-order chi connectivity index (χ1) is 21.0. The number of nitrogens with one attached hydrogen (secondary N) is 3. The highest BCUT2D eigenvalue weighted by Gasteiger charge is 2.13. The molecular formula is C32H40BrN7O2S. The number of halogens is 1. The molecule has 9 nitrogen and oxygen atoms in total. The summed E-state index contributed by atoms with van der Waals surface area (Å²) >= 11 is 5.02. The van der Waals surface area contributed by atoms with Gasteiger partial charge in [-0.25, -0.2) is 0 Å². The maximum absolute atomic E-state index is 12.3.